The molecule has 0 rings (SSSR count). The molecule has 5 heteroatoms. The molecule has 4 nitrogen and oxygen atoms in total. The summed E-state index contributed by atoms with van der Waals surface area (Å²) in [5.41, 5.74) is 0. The Kier molecular flexibility index (Phi) is 16.1. The maximum Gasteiger partial charge on any atom is 1.00 e. The van der Waals surface area contributed by atoms with Crippen molar-refractivity contribution >= 4 is 11.9 Å². The second-order valence-corrected chi connectivity index (χ2v) is 3.37. The molecule has 0 aliphatic heterocycles. The van der Waals surface area contributed by atoms with Gasteiger partial charge in [-0.2, -0.15) is 0 Å². The molecule has 17 heavy (non-hydrogen) atoms. The minimum Gasteiger partial charge on any atom is -0.859 e. The Morgan fingerprint density at radius 3 is 2.59 bits per heavy atom. The summed E-state index contributed by atoms with van der Waals surface area (Å²) in [5, 5.41) is 19.2. The minimum atomic E-state index is -1.15. The van der Waals surface area contributed by atoms with Gasteiger partial charge in [-0.15, -0.1) is 0 Å². The predicted octanol–water partition coefficient (Wildman–Crippen LogP) is -1.13. The van der Waals surface area contributed by atoms with Crippen LogP contribution in [0.25, 0.3) is 0 Å². The van der Waals surface area contributed by atoms with E-state index in [1.54, 1.807) is 0 Å². The number of carboxylic acid groups (broad SMARTS) is 1. The molecule has 90 valence electrons. The predicted molar refractivity (Wildman–Crippen MR) is 62.1 cm³/mol. The number of carbonyl (C=O) groups is 1. The van der Waals surface area contributed by atoms with Crippen LogP contribution in [0, 0.1) is 0 Å². The van der Waals surface area contributed by atoms with Gasteiger partial charge in [0.25, 0.3) is 0 Å². The van der Waals surface area contributed by atoms with Gasteiger partial charge in [0.15, 0.2) is 0 Å². The Balaban J connectivity index is 0. The zero-order valence-electron chi connectivity index (χ0n) is 10.6. The number of hydrogen-bond donors (Lipinski definition) is 1. The summed E-state index contributed by atoms with van der Waals surface area (Å²) in [6.45, 7) is 2.15. The van der Waals surface area contributed by atoms with Crippen LogP contribution >= 0.6 is 0 Å². The normalized spacial score (nSPS) is 11.9. The summed E-state index contributed by atoms with van der Waals surface area (Å²) in [5.74, 6) is -1.70. The van der Waals surface area contributed by atoms with Gasteiger partial charge in [-0.25, -0.2) is 4.79 Å². The van der Waals surface area contributed by atoms with E-state index in [4.69, 9.17) is 5.11 Å². The molecule has 0 unspecified atom stereocenters. The molecule has 0 fully saturated rings. The molecule has 0 aromatic heterocycles. The van der Waals surface area contributed by atoms with Crippen molar-refractivity contribution in [3.8, 4) is 0 Å². The average Bonchev–Trinajstić information content (AvgIpc) is 2.25. The molecule has 0 aliphatic rings. The third-order valence-corrected chi connectivity index (χ3v) is 1.90. The summed E-state index contributed by atoms with van der Waals surface area (Å²) in [6.07, 6.45) is 10.6. The quantitative estimate of drug-likeness (QED) is 0.198. The Morgan fingerprint density at radius 1 is 1.29 bits per heavy atom. The molecule has 0 aromatic rings. The first kappa shape index (κ1) is 19.4. The van der Waals surface area contributed by atoms with E-state index in [1.807, 2.05) is 6.08 Å². The molecule has 0 heterocycles. The van der Waals surface area contributed by atoms with Gasteiger partial charge in [-0.3, -0.25) is 4.99 Å². The number of carboxylic acids is 1. The van der Waals surface area contributed by atoms with Crippen molar-refractivity contribution in [3.05, 3.63) is 24.4 Å². The maximum absolute atomic E-state index is 10.9. The van der Waals surface area contributed by atoms with Gasteiger partial charge in [-0.1, -0.05) is 32.3 Å². The summed E-state index contributed by atoms with van der Waals surface area (Å²) in [4.78, 5) is 13.6. The fraction of sp³-hybridized carbons (Fsp3) is 0.500. The van der Waals surface area contributed by atoms with E-state index >= 15 is 0 Å². The van der Waals surface area contributed by atoms with Gasteiger partial charge in [-0.05, 0) is 24.8 Å². The summed E-state index contributed by atoms with van der Waals surface area (Å²) in [6, 6.07) is 0. The summed E-state index contributed by atoms with van der Waals surface area (Å²) in [7, 11) is 0. The fourth-order valence-electron chi connectivity index (χ4n) is 1.08. The molecular weight excluding hydrogens is 245 g/mol. The van der Waals surface area contributed by atoms with Crippen molar-refractivity contribution in [3.63, 3.8) is 0 Å². The van der Waals surface area contributed by atoms with Crippen LogP contribution in [0.15, 0.2) is 29.4 Å². The standard InChI is InChI=1S/C12H19NO3.K/c1-2-3-4-5-6-7-10-13-11(14)8-9-12(15)16;/h7-10H,2-6H2,1H3,(H,13,14)(H,15,16);/q;+1/p-1/b9-8+,10-7+;. The number of aliphatic imine (C=N–C) groups is 1. The van der Waals surface area contributed by atoms with Crippen LogP contribution in [-0.2, 0) is 4.79 Å². The van der Waals surface area contributed by atoms with E-state index in [2.05, 4.69) is 11.9 Å². The number of nitrogens with zero attached hydrogens (tertiary/aromatic N) is 1. The van der Waals surface area contributed by atoms with Crippen molar-refractivity contribution in [2.24, 2.45) is 4.99 Å². The van der Waals surface area contributed by atoms with Crippen LogP contribution in [0.1, 0.15) is 39.0 Å². The minimum absolute atomic E-state index is 0. The fourth-order valence-corrected chi connectivity index (χ4v) is 1.08. The molecule has 1 N–H and O–H groups in total. The van der Waals surface area contributed by atoms with E-state index in [-0.39, 0.29) is 51.4 Å². The van der Waals surface area contributed by atoms with Gasteiger partial charge < -0.3 is 10.2 Å². The Morgan fingerprint density at radius 2 is 2.00 bits per heavy atom. The SMILES string of the molecule is CCCCCC/C=C/N=C([O-])/C=C/C(=O)O.[K+]. The third-order valence-electron chi connectivity index (χ3n) is 1.90. The molecule has 0 aromatic carbocycles. The van der Waals surface area contributed by atoms with Crippen molar-refractivity contribution in [1.82, 2.24) is 0 Å². The Hall–Kier alpha value is 0.0564. The van der Waals surface area contributed by atoms with Crippen molar-refractivity contribution in [2.45, 2.75) is 39.0 Å². The Labute approximate surface area is 145 Å². The molecule has 0 aliphatic carbocycles. The van der Waals surface area contributed by atoms with E-state index in [1.165, 1.54) is 25.5 Å². The molecular formula is C12H18KNO3. The van der Waals surface area contributed by atoms with E-state index in [9.17, 15) is 9.90 Å². The molecule has 0 radical (unpaired) electrons. The molecule has 0 saturated heterocycles. The molecule has 0 atom stereocenters. The van der Waals surface area contributed by atoms with Crippen LogP contribution in [0.3, 0.4) is 0 Å². The van der Waals surface area contributed by atoms with Crippen LogP contribution in [0.2, 0.25) is 0 Å². The van der Waals surface area contributed by atoms with E-state index in [0.29, 0.717) is 0 Å². The van der Waals surface area contributed by atoms with Crippen molar-refractivity contribution in [1.29, 1.82) is 0 Å². The number of unbranched alkanes of at least 4 members (excludes halogenated alkanes) is 4. The van der Waals surface area contributed by atoms with E-state index < -0.39 is 11.9 Å². The van der Waals surface area contributed by atoms with Crippen molar-refractivity contribution in [2.75, 3.05) is 0 Å². The zero-order chi connectivity index (χ0) is 12.2. The number of aliphatic carboxylic acids is 1. The van der Waals surface area contributed by atoms with Gasteiger partial charge in [0.2, 0.25) is 0 Å². The zero-order valence-corrected chi connectivity index (χ0v) is 13.7. The second-order valence-electron chi connectivity index (χ2n) is 3.37. The number of rotatable bonds is 8. The van der Waals surface area contributed by atoms with Crippen LogP contribution in [-0.4, -0.2) is 17.0 Å². The third kappa shape index (κ3) is 16.1. The molecule has 0 amide bonds. The van der Waals surface area contributed by atoms with Crippen LogP contribution in [0.5, 0.6) is 0 Å². The maximum atomic E-state index is 10.9. The monoisotopic (exact) mass is 263 g/mol. The first-order chi connectivity index (χ1) is 7.66. The largest absolute Gasteiger partial charge is 1.00 e. The molecule has 0 spiro atoms. The van der Waals surface area contributed by atoms with Gasteiger partial charge in [0.1, 0.15) is 0 Å². The molecule has 0 saturated carbocycles. The summed E-state index contributed by atoms with van der Waals surface area (Å²) >= 11 is 0. The first-order valence-electron chi connectivity index (χ1n) is 5.47. The van der Waals surface area contributed by atoms with Gasteiger partial charge in [0, 0.05) is 12.3 Å². The summed E-state index contributed by atoms with van der Waals surface area (Å²) < 4.78 is 0. The first-order valence-corrected chi connectivity index (χ1v) is 5.47. The van der Waals surface area contributed by atoms with Gasteiger partial charge in [0.05, 0.1) is 0 Å². The average molecular weight is 263 g/mol. The topological polar surface area (TPSA) is 72.7 Å². The second kappa shape index (κ2) is 14.1. The molecule has 0 bridgehead atoms. The van der Waals surface area contributed by atoms with E-state index in [0.717, 1.165) is 25.0 Å². The van der Waals surface area contributed by atoms with Crippen molar-refractivity contribution < 1.29 is 66.4 Å². The van der Waals surface area contributed by atoms with Gasteiger partial charge >= 0.3 is 57.4 Å². The Bertz CT molecular complexity index is 285. The smallest absolute Gasteiger partial charge is 0.859 e. The van der Waals surface area contributed by atoms with Crippen LogP contribution < -0.4 is 56.5 Å². The number of hydrogen-bond acceptors (Lipinski definition) is 3. The van der Waals surface area contributed by atoms with Crippen LogP contribution in [0.4, 0.5) is 0 Å². The number of allylic oxidation sites excluding steroid dienone is 1.